The minimum absolute atomic E-state index is 0.0221. The number of benzene rings is 1. The van der Waals surface area contributed by atoms with E-state index in [-0.39, 0.29) is 29.2 Å². The van der Waals surface area contributed by atoms with Gasteiger partial charge in [0.25, 0.3) is 0 Å². The molecule has 6 rings (SSSR count). The zero-order valence-corrected chi connectivity index (χ0v) is 21.2. The number of hydrogen-bond acceptors (Lipinski definition) is 6. The smallest absolute Gasteiger partial charge is 0.191 e. The van der Waals surface area contributed by atoms with Crippen molar-refractivity contribution in [2.45, 2.75) is 35.8 Å². The number of nitrogens with zero attached hydrogens (tertiary/aromatic N) is 5. The third kappa shape index (κ3) is 3.89. The van der Waals surface area contributed by atoms with Crippen LogP contribution in [0.5, 0.6) is 0 Å². The first kappa shape index (κ1) is 24.4. The van der Waals surface area contributed by atoms with Gasteiger partial charge in [0.1, 0.15) is 22.2 Å². The van der Waals surface area contributed by atoms with Gasteiger partial charge >= 0.3 is 0 Å². The van der Waals surface area contributed by atoms with Crippen LogP contribution in [-0.4, -0.2) is 44.0 Å². The first-order valence-electron chi connectivity index (χ1n) is 12.1. The Morgan fingerprint density at radius 1 is 1.08 bits per heavy atom. The monoisotopic (exact) mass is 535 g/mol. The number of carbonyl (C=O) groups is 1. The number of halogens is 2. The maximum absolute atomic E-state index is 14.1. The molecule has 0 spiro atoms. The summed E-state index contributed by atoms with van der Waals surface area (Å²) in [7, 11) is -2.14. The molecular weight excluding hydrogens is 512 g/mol. The normalized spacial score (nSPS) is 20.9. The molecule has 3 aromatic heterocycles. The highest BCUT2D eigenvalue weighted by Gasteiger charge is 2.52. The average molecular weight is 536 g/mol. The van der Waals surface area contributed by atoms with Crippen LogP contribution in [0.1, 0.15) is 41.0 Å². The number of carbonyl (C=O) groups excluding carboxylic acids is 1. The van der Waals surface area contributed by atoms with E-state index in [0.29, 0.717) is 18.5 Å². The van der Waals surface area contributed by atoms with Gasteiger partial charge in [0.05, 0.1) is 34.4 Å². The van der Waals surface area contributed by atoms with Crippen LogP contribution in [-0.2, 0) is 23.3 Å². The number of ketones is 1. The fourth-order valence-corrected chi connectivity index (χ4v) is 7.44. The summed E-state index contributed by atoms with van der Waals surface area (Å²) in [5.74, 6) is -1.38. The Kier molecular flexibility index (Phi) is 5.64. The Hall–Kier alpha value is -3.99. The number of aryl methyl sites for hydroxylation is 1. The van der Waals surface area contributed by atoms with Crippen molar-refractivity contribution in [1.29, 1.82) is 0 Å². The summed E-state index contributed by atoms with van der Waals surface area (Å²) >= 11 is 0. The second kappa shape index (κ2) is 8.80. The van der Waals surface area contributed by atoms with E-state index in [2.05, 4.69) is 15.2 Å². The Balaban J connectivity index is 1.46. The van der Waals surface area contributed by atoms with Crippen molar-refractivity contribution in [3.63, 3.8) is 0 Å². The van der Waals surface area contributed by atoms with Crippen LogP contribution >= 0.6 is 0 Å². The summed E-state index contributed by atoms with van der Waals surface area (Å²) in [5.41, 5.74) is 1.61. The lowest BCUT2D eigenvalue weighted by atomic mass is 9.61. The largest absolute Gasteiger partial charge is 0.291 e. The fraction of sp³-hybridized carbons (Fsp3) is 0.259. The highest BCUT2D eigenvalue weighted by molar-refractivity contribution is 7.92. The molecule has 194 valence electrons. The lowest BCUT2D eigenvalue weighted by Crippen LogP contribution is -2.45. The van der Waals surface area contributed by atoms with Crippen LogP contribution < -0.4 is 0 Å². The van der Waals surface area contributed by atoms with E-state index in [4.69, 9.17) is 0 Å². The molecule has 3 heterocycles. The van der Waals surface area contributed by atoms with Crippen molar-refractivity contribution in [3.05, 3.63) is 95.3 Å². The molecule has 0 unspecified atom stereocenters. The molecule has 0 N–H and O–H groups in total. The lowest BCUT2D eigenvalue weighted by Gasteiger charge is -2.43. The summed E-state index contributed by atoms with van der Waals surface area (Å²) in [5, 5.41) is 7.66. The number of allylic oxidation sites excluding steroid dienone is 1. The average Bonchev–Trinajstić information content (AvgIpc) is 3.53. The summed E-state index contributed by atoms with van der Waals surface area (Å²) in [6.45, 7) is 0. The van der Waals surface area contributed by atoms with E-state index in [1.54, 1.807) is 30.1 Å². The second-order valence-electron chi connectivity index (χ2n) is 9.82. The van der Waals surface area contributed by atoms with Crippen molar-refractivity contribution < 1.29 is 22.0 Å². The topological polar surface area (TPSA) is 99.7 Å². The van der Waals surface area contributed by atoms with Crippen molar-refractivity contribution in [2.24, 2.45) is 12.5 Å². The molecule has 1 fully saturated rings. The zero-order chi connectivity index (χ0) is 26.7. The molecule has 0 amide bonds. The van der Waals surface area contributed by atoms with Gasteiger partial charge in [-0.15, -0.1) is 0 Å². The van der Waals surface area contributed by atoms with Gasteiger partial charge in [-0.2, -0.15) is 10.2 Å². The van der Waals surface area contributed by atoms with Crippen molar-refractivity contribution in [1.82, 2.24) is 24.5 Å². The van der Waals surface area contributed by atoms with E-state index < -0.39 is 32.1 Å². The third-order valence-corrected chi connectivity index (χ3v) is 9.67. The highest BCUT2D eigenvalue weighted by Crippen LogP contribution is 2.51. The number of Topliss-reactive ketones (excluding diaryl/α,β-unsaturated/α-hetero) is 1. The van der Waals surface area contributed by atoms with Crippen LogP contribution in [0.2, 0.25) is 0 Å². The second-order valence-corrected chi connectivity index (χ2v) is 12.0. The standard InChI is InChI=1S/C27H23F2N5O3S/c1-33-16-23(15-31-33)38(36,37)22-7-2-18-10-25-17(14-32-34(25)21-5-3-19(28)4-6-21)12-27(18,13-22)26(35)24-11-20(29)8-9-30-24/h3-6,8-11,14-16,22H,2,7,12-13H2,1H3/t22-,27-/m0/s1. The SMILES string of the molecule is Cn1cc(S(=O)(=O)[C@H]2CCC3=Cc4c(cnn4-c4ccc(F)cc4)C[C@]3(C(=O)c3cc(F)ccn3)C2)cn1. The molecule has 2 aliphatic carbocycles. The summed E-state index contributed by atoms with van der Waals surface area (Å²) in [4.78, 5) is 18.3. The molecule has 0 aliphatic heterocycles. The number of aromatic nitrogens is 5. The molecule has 11 heteroatoms. The van der Waals surface area contributed by atoms with Crippen molar-refractivity contribution >= 4 is 21.7 Å². The van der Waals surface area contributed by atoms with Crippen LogP contribution in [0.25, 0.3) is 11.8 Å². The maximum atomic E-state index is 14.1. The van der Waals surface area contributed by atoms with Crippen LogP contribution in [0.4, 0.5) is 8.78 Å². The summed E-state index contributed by atoms with van der Waals surface area (Å²) in [6.07, 6.45) is 8.38. The zero-order valence-electron chi connectivity index (χ0n) is 20.4. The molecule has 8 nitrogen and oxygen atoms in total. The van der Waals surface area contributed by atoms with Gasteiger partial charge in [-0.25, -0.2) is 21.9 Å². The predicted molar refractivity (Wildman–Crippen MR) is 134 cm³/mol. The third-order valence-electron chi connectivity index (χ3n) is 7.52. The van der Waals surface area contributed by atoms with Crippen LogP contribution in [0.3, 0.4) is 0 Å². The minimum atomic E-state index is -3.79. The van der Waals surface area contributed by atoms with Gasteiger partial charge in [-0.1, -0.05) is 5.57 Å². The summed E-state index contributed by atoms with van der Waals surface area (Å²) in [6, 6.07) is 8.16. The van der Waals surface area contributed by atoms with E-state index in [0.717, 1.165) is 29.0 Å². The van der Waals surface area contributed by atoms with Gasteiger partial charge in [0, 0.05) is 25.5 Å². The van der Waals surface area contributed by atoms with E-state index in [1.165, 1.54) is 35.4 Å². The molecule has 2 atom stereocenters. The van der Waals surface area contributed by atoms with E-state index in [9.17, 15) is 22.0 Å². The Bertz CT molecular complexity index is 1710. The molecule has 2 aliphatic rings. The van der Waals surface area contributed by atoms with Crippen LogP contribution in [0, 0.1) is 17.0 Å². The molecular formula is C27H23F2N5O3S. The van der Waals surface area contributed by atoms with E-state index >= 15 is 0 Å². The molecule has 4 aromatic rings. The Labute approximate surface area is 217 Å². The lowest BCUT2D eigenvalue weighted by molar-refractivity contribution is 0.0796. The van der Waals surface area contributed by atoms with Crippen LogP contribution in [0.15, 0.2) is 71.7 Å². The number of hydrogen-bond donors (Lipinski definition) is 0. The quantitative estimate of drug-likeness (QED) is 0.357. The molecule has 1 aromatic carbocycles. The first-order valence-corrected chi connectivity index (χ1v) is 13.6. The predicted octanol–water partition coefficient (Wildman–Crippen LogP) is 4.11. The Morgan fingerprint density at radius 2 is 1.87 bits per heavy atom. The molecule has 1 saturated carbocycles. The molecule has 0 radical (unpaired) electrons. The maximum Gasteiger partial charge on any atom is 0.191 e. The Morgan fingerprint density at radius 3 is 2.58 bits per heavy atom. The first-order chi connectivity index (χ1) is 18.2. The van der Waals surface area contributed by atoms with Gasteiger partial charge in [0.2, 0.25) is 0 Å². The molecule has 0 bridgehead atoms. The summed E-state index contributed by atoms with van der Waals surface area (Å²) < 4.78 is 57.9. The highest BCUT2D eigenvalue weighted by atomic mass is 32.2. The molecule has 0 saturated heterocycles. The minimum Gasteiger partial charge on any atom is -0.291 e. The fourth-order valence-electron chi connectivity index (χ4n) is 5.63. The number of sulfone groups is 1. The van der Waals surface area contributed by atoms with Crippen molar-refractivity contribution in [3.8, 4) is 5.69 Å². The van der Waals surface area contributed by atoms with Gasteiger partial charge in [0.15, 0.2) is 15.6 Å². The van der Waals surface area contributed by atoms with Gasteiger partial charge in [-0.3, -0.25) is 14.5 Å². The van der Waals surface area contributed by atoms with Gasteiger partial charge in [-0.05, 0) is 67.7 Å². The van der Waals surface area contributed by atoms with E-state index in [1.807, 2.05) is 6.08 Å². The number of pyridine rings is 1. The number of rotatable bonds is 5. The van der Waals surface area contributed by atoms with Crippen molar-refractivity contribution in [2.75, 3.05) is 0 Å². The number of fused-ring (bicyclic) bond motifs is 2. The molecule has 38 heavy (non-hydrogen) atoms. The van der Waals surface area contributed by atoms with Gasteiger partial charge < -0.3 is 0 Å².